The minimum absolute atomic E-state index is 0.148. The van der Waals surface area contributed by atoms with Crippen molar-refractivity contribution in [1.29, 1.82) is 0 Å². The maximum Gasteiger partial charge on any atom is 0.287 e. The van der Waals surface area contributed by atoms with Gasteiger partial charge in [-0.25, -0.2) is 8.42 Å². The summed E-state index contributed by atoms with van der Waals surface area (Å²) in [6.07, 6.45) is 0.635. The van der Waals surface area contributed by atoms with Gasteiger partial charge in [-0.2, -0.15) is 0 Å². The predicted molar refractivity (Wildman–Crippen MR) is 68.3 cm³/mol. The SMILES string of the molecule is CCC(CS(=O)(=O)c1ccccc1[N+](=O)[O-])NC. The second-order valence-corrected chi connectivity index (χ2v) is 5.90. The molecule has 0 spiro atoms. The van der Waals surface area contributed by atoms with Crippen molar-refractivity contribution < 1.29 is 13.3 Å². The monoisotopic (exact) mass is 272 g/mol. The molecule has 18 heavy (non-hydrogen) atoms. The number of sulfone groups is 1. The smallest absolute Gasteiger partial charge is 0.287 e. The van der Waals surface area contributed by atoms with Crippen molar-refractivity contribution >= 4 is 15.5 Å². The van der Waals surface area contributed by atoms with Crippen molar-refractivity contribution in [3.8, 4) is 0 Å². The molecule has 1 rings (SSSR count). The van der Waals surface area contributed by atoms with E-state index in [1.807, 2.05) is 6.92 Å². The lowest BCUT2D eigenvalue weighted by molar-refractivity contribution is -0.387. The Hall–Kier alpha value is -1.47. The van der Waals surface area contributed by atoms with Gasteiger partial charge in [0.2, 0.25) is 0 Å². The van der Waals surface area contributed by atoms with Crippen LogP contribution in [0.3, 0.4) is 0 Å². The molecule has 6 nitrogen and oxygen atoms in total. The summed E-state index contributed by atoms with van der Waals surface area (Å²) in [4.78, 5) is 9.93. The van der Waals surface area contributed by atoms with E-state index in [9.17, 15) is 18.5 Å². The third-order valence-corrected chi connectivity index (χ3v) is 4.58. The van der Waals surface area contributed by atoms with Gasteiger partial charge in [0.1, 0.15) is 4.90 Å². The first-order valence-corrected chi connectivity index (χ1v) is 7.21. The van der Waals surface area contributed by atoms with Crippen molar-refractivity contribution in [3.05, 3.63) is 34.4 Å². The molecule has 0 bridgehead atoms. The average molecular weight is 272 g/mol. The molecule has 0 aromatic heterocycles. The van der Waals surface area contributed by atoms with Gasteiger partial charge in [-0.1, -0.05) is 19.1 Å². The first-order chi connectivity index (χ1) is 8.42. The summed E-state index contributed by atoms with van der Waals surface area (Å²) in [6, 6.07) is 5.20. The van der Waals surface area contributed by atoms with Crippen LogP contribution in [-0.2, 0) is 9.84 Å². The van der Waals surface area contributed by atoms with Crippen molar-refractivity contribution in [2.45, 2.75) is 24.3 Å². The van der Waals surface area contributed by atoms with Gasteiger partial charge >= 0.3 is 0 Å². The Morgan fingerprint density at radius 2 is 2.00 bits per heavy atom. The van der Waals surface area contributed by atoms with Gasteiger partial charge in [-0.3, -0.25) is 10.1 Å². The van der Waals surface area contributed by atoms with Crippen LogP contribution in [0, 0.1) is 10.1 Å². The Morgan fingerprint density at radius 1 is 1.39 bits per heavy atom. The number of nitrogens with zero attached hydrogens (tertiary/aromatic N) is 1. The van der Waals surface area contributed by atoms with Crippen molar-refractivity contribution in [2.24, 2.45) is 0 Å². The third-order valence-electron chi connectivity index (χ3n) is 2.72. The molecule has 7 heteroatoms. The number of nitro benzene ring substituents is 1. The fourth-order valence-corrected chi connectivity index (χ4v) is 3.49. The number of hydrogen-bond acceptors (Lipinski definition) is 5. The zero-order chi connectivity index (χ0) is 13.8. The predicted octanol–water partition coefficient (Wildman–Crippen LogP) is 1.37. The molecule has 0 radical (unpaired) electrons. The first-order valence-electron chi connectivity index (χ1n) is 5.55. The second kappa shape index (κ2) is 5.92. The molecule has 0 aliphatic carbocycles. The maximum absolute atomic E-state index is 12.1. The highest BCUT2D eigenvalue weighted by Gasteiger charge is 2.27. The minimum atomic E-state index is -3.66. The summed E-state index contributed by atoms with van der Waals surface area (Å²) in [6.45, 7) is 1.86. The Labute approximate surface area is 106 Å². The van der Waals surface area contributed by atoms with E-state index in [2.05, 4.69) is 5.32 Å². The van der Waals surface area contributed by atoms with E-state index in [1.165, 1.54) is 24.3 Å². The van der Waals surface area contributed by atoms with Crippen LogP contribution < -0.4 is 5.32 Å². The third kappa shape index (κ3) is 3.27. The van der Waals surface area contributed by atoms with Crippen LogP contribution >= 0.6 is 0 Å². The van der Waals surface area contributed by atoms with Crippen LogP contribution in [0.5, 0.6) is 0 Å². The van der Waals surface area contributed by atoms with E-state index in [0.29, 0.717) is 6.42 Å². The number of para-hydroxylation sites is 1. The van der Waals surface area contributed by atoms with Crippen LogP contribution in [0.15, 0.2) is 29.2 Å². The van der Waals surface area contributed by atoms with E-state index in [0.717, 1.165) is 0 Å². The Kier molecular flexibility index (Phi) is 4.80. The standard InChI is InChI=1S/C11H16N2O4S/c1-3-9(12-2)8-18(16,17)11-7-5-4-6-10(11)13(14)15/h4-7,9,12H,3,8H2,1-2H3. The van der Waals surface area contributed by atoms with Crippen molar-refractivity contribution in [2.75, 3.05) is 12.8 Å². The fourth-order valence-electron chi connectivity index (χ4n) is 1.63. The molecule has 0 heterocycles. The number of nitro groups is 1. The van der Waals surface area contributed by atoms with Crippen LogP contribution in [0.2, 0.25) is 0 Å². The second-order valence-electron chi connectivity index (χ2n) is 3.90. The van der Waals surface area contributed by atoms with Crippen molar-refractivity contribution in [3.63, 3.8) is 0 Å². The highest BCUT2D eigenvalue weighted by molar-refractivity contribution is 7.91. The molecule has 0 saturated carbocycles. The highest BCUT2D eigenvalue weighted by atomic mass is 32.2. The molecule has 0 fully saturated rings. The molecule has 0 saturated heterocycles. The van der Waals surface area contributed by atoms with E-state index in [1.54, 1.807) is 7.05 Å². The van der Waals surface area contributed by atoms with Gasteiger partial charge in [0.25, 0.3) is 5.69 Å². The number of hydrogen-bond donors (Lipinski definition) is 1. The summed E-state index contributed by atoms with van der Waals surface area (Å²) >= 11 is 0. The summed E-state index contributed by atoms with van der Waals surface area (Å²) in [5.41, 5.74) is -0.372. The molecule has 1 aromatic carbocycles. The van der Waals surface area contributed by atoms with Gasteiger partial charge in [0.15, 0.2) is 9.84 Å². The summed E-state index contributed by atoms with van der Waals surface area (Å²) < 4.78 is 24.3. The molecule has 1 unspecified atom stereocenters. The van der Waals surface area contributed by atoms with Crippen molar-refractivity contribution in [1.82, 2.24) is 5.32 Å². The number of rotatable bonds is 6. The quantitative estimate of drug-likeness (QED) is 0.624. The maximum atomic E-state index is 12.1. The summed E-state index contributed by atoms with van der Waals surface area (Å²) in [5.74, 6) is -0.148. The van der Waals surface area contributed by atoms with Gasteiger partial charge in [-0.15, -0.1) is 0 Å². The van der Waals surface area contributed by atoms with E-state index >= 15 is 0 Å². The molecule has 0 aliphatic heterocycles. The normalized spacial score (nSPS) is 13.2. The highest BCUT2D eigenvalue weighted by Crippen LogP contribution is 2.24. The summed E-state index contributed by atoms with van der Waals surface area (Å²) in [7, 11) is -1.99. The van der Waals surface area contributed by atoms with E-state index in [-0.39, 0.29) is 22.4 Å². The molecule has 0 amide bonds. The average Bonchev–Trinajstić information content (AvgIpc) is 2.36. The minimum Gasteiger partial charge on any atom is -0.316 e. The molecule has 0 aliphatic rings. The Balaban J connectivity index is 3.16. The molecule has 1 atom stereocenters. The van der Waals surface area contributed by atoms with Gasteiger partial charge < -0.3 is 5.32 Å². The lowest BCUT2D eigenvalue weighted by Crippen LogP contribution is -2.32. The Bertz CT molecular complexity index is 524. The lowest BCUT2D eigenvalue weighted by Gasteiger charge is -2.13. The Morgan fingerprint density at radius 3 is 2.50 bits per heavy atom. The molecular formula is C11H16N2O4S. The molecule has 100 valence electrons. The van der Waals surface area contributed by atoms with E-state index in [4.69, 9.17) is 0 Å². The molecule has 1 N–H and O–H groups in total. The largest absolute Gasteiger partial charge is 0.316 e. The van der Waals surface area contributed by atoms with Crippen LogP contribution in [0.4, 0.5) is 5.69 Å². The topological polar surface area (TPSA) is 89.3 Å². The van der Waals surface area contributed by atoms with Gasteiger partial charge in [0, 0.05) is 12.1 Å². The van der Waals surface area contributed by atoms with E-state index < -0.39 is 14.8 Å². The zero-order valence-electron chi connectivity index (χ0n) is 10.3. The summed E-state index contributed by atoms with van der Waals surface area (Å²) in [5, 5.41) is 13.7. The number of benzene rings is 1. The van der Waals surface area contributed by atoms with Gasteiger partial charge in [-0.05, 0) is 19.5 Å². The molecule has 1 aromatic rings. The van der Waals surface area contributed by atoms with Gasteiger partial charge in [0.05, 0.1) is 10.7 Å². The number of nitrogens with one attached hydrogen (secondary N) is 1. The molecular weight excluding hydrogens is 256 g/mol. The first kappa shape index (κ1) is 14.6. The fraction of sp³-hybridized carbons (Fsp3) is 0.455. The van der Waals surface area contributed by atoms with Crippen LogP contribution in [-0.4, -0.2) is 32.2 Å². The zero-order valence-corrected chi connectivity index (χ0v) is 11.1. The van der Waals surface area contributed by atoms with Crippen LogP contribution in [0.1, 0.15) is 13.3 Å². The van der Waals surface area contributed by atoms with Crippen LogP contribution in [0.25, 0.3) is 0 Å². The lowest BCUT2D eigenvalue weighted by atomic mass is 10.3.